The van der Waals surface area contributed by atoms with Crippen molar-refractivity contribution >= 4 is 17.7 Å². The number of thioether (sulfide) groups is 1. The number of nitrogens with zero attached hydrogens (tertiary/aromatic N) is 2. The van der Waals surface area contributed by atoms with Crippen molar-refractivity contribution in [3.8, 4) is 0 Å². The van der Waals surface area contributed by atoms with Crippen LogP contribution in [-0.2, 0) is 6.54 Å². The van der Waals surface area contributed by atoms with Gasteiger partial charge >= 0.3 is 0 Å². The van der Waals surface area contributed by atoms with Crippen LogP contribution in [0.4, 0.5) is 0 Å². The summed E-state index contributed by atoms with van der Waals surface area (Å²) in [4.78, 5) is 16.4. The van der Waals surface area contributed by atoms with Gasteiger partial charge in [-0.05, 0) is 48.2 Å². The highest BCUT2D eigenvalue weighted by molar-refractivity contribution is 7.98. The van der Waals surface area contributed by atoms with E-state index in [1.165, 1.54) is 10.6 Å². The number of amides is 1. The zero-order valence-electron chi connectivity index (χ0n) is 14.1. The molecule has 0 saturated carbocycles. The Balaban J connectivity index is 1.73. The molecule has 1 aromatic heterocycles. The van der Waals surface area contributed by atoms with Gasteiger partial charge in [-0.2, -0.15) is 0 Å². The normalized spacial score (nSPS) is 16.5. The van der Waals surface area contributed by atoms with Crippen LogP contribution >= 0.6 is 11.8 Å². The van der Waals surface area contributed by atoms with E-state index >= 15 is 0 Å². The molecule has 126 valence electrons. The number of hydrogen-bond donors (Lipinski definition) is 0. The third-order valence-electron chi connectivity index (χ3n) is 4.75. The van der Waals surface area contributed by atoms with Crippen molar-refractivity contribution in [2.24, 2.45) is 0 Å². The summed E-state index contributed by atoms with van der Waals surface area (Å²) >= 11 is 1.69. The van der Waals surface area contributed by atoms with Crippen LogP contribution in [0.5, 0.6) is 0 Å². The van der Waals surface area contributed by atoms with Crippen molar-refractivity contribution in [2.45, 2.75) is 17.5 Å². The van der Waals surface area contributed by atoms with Crippen LogP contribution in [0, 0.1) is 0 Å². The first kappa shape index (κ1) is 16.0. The summed E-state index contributed by atoms with van der Waals surface area (Å²) in [5.41, 5.74) is 3.07. The molecule has 3 aromatic rings. The summed E-state index contributed by atoms with van der Waals surface area (Å²) in [5.74, 6) is 0.0916. The monoisotopic (exact) mass is 348 g/mol. The third kappa shape index (κ3) is 2.98. The summed E-state index contributed by atoms with van der Waals surface area (Å²) in [5, 5.41) is 0. The van der Waals surface area contributed by atoms with Crippen molar-refractivity contribution in [3.05, 3.63) is 89.7 Å². The first-order chi connectivity index (χ1) is 12.3. The molecule has 1 aliphatic rings. The molecule has 3 nitrogen and oxygen atoms in total. The van der Waals surface area contributed by atoms with E-state index in [1.807, 2.05) is 53.6 Å². The first-order valence-corrected chi connectivity index (χ1v) is 9.65. The minimum Gasteiger partial charge on any atom is -0.348 e. The lowest BCUT2D eigenvalue weighted by atomic mass is 9.99. The van der Waals surface area contributed by atoms with Gasteiger partial charge in [0.05, 0.1) is 6.04 Å². The summed E-state index contributed by atoms with van der Waals surface area (Å²) in [6.07, 6.45) is 4.14. The van der Waals surface area contributed by atoms with Crippen molar-refractivity contribution in [1.29, 1.82) is 0 Å². The van der Waals surface area contributed by atoms with Gasteiger partial charge in [0, 0.05) is 35.4 Å². The molecule has 1 amide bonds. The summed E-state index contributed by atoms with van der Waals surface area (Å²) in [6, 6.07) is 22.3. The quantitative estimate of drug-likeness (QED) is 0.653. The Morgan fingerprint density at radius 2 is 1.72 bits per heavy atom. The maximum absolute atomic E-state index is 13.2. The van der Waals surface area contributed by atoms with Crippen LogP contribution < -0.4 is 0 Å². The van der Waals surface area contributed by atoms with Gasteiger partial charge in [0.15, 0.2) is 0 Å². The van der Waals surface area contributed by atoms with Crippen LogP contribution in [0.3, 0.4) is 0 Å². The van der Waals surface area contributed by atoms with Gasteiger partial charge in [-0.15, -0.1) is 11.8 Å². The Kier molecular flexibility index (Phi) is 4.36. The fraction of sp³-hybridized carbons (Fsp3) is 0.190. The number of fused-ring (bicyclic) bond motifs is 1. The Bertz CT molecular complexity index is 870. The Labute approximate surface area is 152 Å². The fourth-order valence-electron chi connectivity index (χ4n) is 3.49. The highest BCUT2D eigenvalue weighted by Crippen LogP contribution is 2.33. The standard InChI is InChI=1S/C21H20N2OS/c1-25-18-11-9-17(10-12-18)21(24)23-15-14-22-13-5-8-19(22)20(23)16-6-3-2-4-7-16/h2-13,20H,14-15H2,1H3. The first-order valence-electron chi connectivity index (χ1n) is 8.43. The highest BCUT2D eigenvalue weighted by Gasteiger charge is 2.32. The molecule has 0 fully saturated rings. The number of benzene rings is 2. The fourth-order valence-corrected chi connectivity index (χ4v) is 3.90. The van der Waals surface area contributed by atoms with Crippen molar-refractivity contribution in [2.75, 3.05) is 12.8 Å². The minimum atomic E-state index is -0.0438. The molecule has 0 spiro atoms. The molecule has 0 bridgehead atoms. The molecule has 0 N–H and O–H groups in total. The number of rotatable bonds is 3. The maximum atomic E-state index is 13.2. The van der Waals surface area contributed by atoms with E-state index in [9.17, 15) is 4.79 Å². The Morgan fingerprint density at radius 1 is 0.960 bits per heavy atom. The van der Waals surface area contributed by atoms with E-state index in [2.05, 4.69) is 35.0 Å². The molecular weight excluding hydrogens is 328 g/mol. The van der Waals surface area contributed by atoms with Gasteiger partial charge in [-0.3, -0.25) is 4.79 Å². The SMILES string of the molecule is CSc1ccc(C(=O)N2CCn3cccc3C2c2ccccc2)cc1. The second-order valence-corrected chi connectivity index (χ2v) is 7.05. The predicted molar refractivity (Wildman–Crippen MR) is 102 cm³/mol. The maximum Gasteiger partial charge on any atom is 0.254 e. The molecule has 1 aliphatic heterocycles. The average Bonchev–Trinajstić information content (AvgIpc) is 3.16. The molecule has 4 heteroatoms. The molecule has 0 aliphatic carbocycles. The number of carbonyl (C=O) groups excluding carboxylic acids is 1. The van der Waals surface area contributed by atoms with Crippen LogP contribution in [-0.4, -0.2) is 28.2 Å². The number of hydrogen-bond acceptors (Lipinski definition) is 2. The largest absolute Gasteiger partial charge is 0.348 e. The average molecular weight is 348 g/mol. The zero-order chi connectivity index (χ0) is 17.2. The molecule has 2 heterocycles. The minimum absolute atomic E-state index is 0.0438. The van der Waals surface area contributed by atoms with Crippen molar-refractivity contribution in [1.82, 2.24) is 9.47 Å². The molecule has 25 heavy (non-hydrogen) atoms. The zero-order valence-corrected chi connectivity index (χ0v) is 14.9. The second-order valence-electron chi connectivity index (χ2n) is 6.17. The van der Waals surface area contributed by atoms with E-state index in [4.69, 9.17) is 0 Å². The van der Waals surface area contributed by atoms with E-state index < -0.39 is 0 Å². The van der Waals surface area contributed by atoms with Gasteiger partial charge < -0.3 is 9.47 Å². The number of carbonyl (C=O) groups is 1. The smallest absolute Gasteiger partial charge is 0.254 e. The van der Waals surface area contributed by atoms with Crippen molar-refractivity contribution < 1.29 is 4.79 Å². The second kappa shape index (κ2) is 6.81. The van der Waals surface area contributed by atoms with Gasteiger partial charge in [-0.25, -0.2) is 0 Å². The lowest BCUT2D eigenvalue weighted by Gasteiger charge is -2.37. The Hall–Kier alpha value is -2.46. The van der Waals surface area contributed by atoms with Gasteiger partial charge in [0.2, 0.25) is 0 Å². The van der Waals surface area contributed by atoms with E-state index in [-0.39, 0.29) is 11.9 Å². The Morgan fingerprint density at radius 3 is 2.44 bits per heavy atom. The van der Waals surface area contributed by atoms with Gasteiger partial charge in [0.1, 0.15) is 0 Å². The predicted octanol–water partition coefficient (Wildman–Crippen LogP) is 4.46. The topological polar surface area (TPSA) is 25.2 Å². The molecular formula is C21H20N2OS. The van der Waals surface area contributed by atoms with E-state index in [1.54, 1.807) is 11.8 Å². The molecule has 0 saturated heterocycles. The summed E-state index contributed by atoms with van der Waals surface area (Å²) in [7, 11) is 0. The summed E-state index contributed by atoms with van der Waals surface area (Å²) in [6.45, 7) is 1.55. The lowest BCUT2D eigenvalue weighted by Crippen LogP contribution is -2.42. The van der Waals surface area contributed by atoms with Crippen molar-refractivity contribution in [3.63, 3.8) is 0 Å². The van der Waals surface area contributed by atoms with Crippen LogP contribution in [0.15, 0.2) is 77.8 Å². The lowest BCUT2D eigenvalue weighted by molar-refractivity contribution is 0.0664. The molecule has 4 rings (SSSR count). The molecule has 0 radical (unpaired) electrons. The molecule has 1 unspecified atom stereocenters. The highest BCUT2D eigenvalue weighted by atomic mass is 32.2. The summed E-state index contributed by atoms with van der Waals surface area (Å²) < 4.78 is 2.25. The van der Waals surface area contributed by atoms with Crippen LogP contribution in [0.25, 0.3) is 0 Å². The molecule has 1 atom stereocenters. The van der Waals surface area contributed by atoms with Crippen LogP contribution in [0.2, 0.25) is 0 Å². The van der Waals surface area contributed by atoms with Crippen LogP contribution in [0.1, 0.15) is 27.7 Å². The third-order valence-corrected chi connectivity index (χ3v) is 5.49. The van der Waals surface area contributed by atoms with Gasteiger partial charge in [-0.1, -0.05) is 30.3 Å². The number of aromatic nitrogens is 1. The van der Waals surface area contributed by atoms with Gasteiger partial charge in [0.25, 0.3) is 5.91 Å². The van der Waals surface area contributed by atoms with E-state index in [0.717, 1.165) is 17.7 Å². The van der Waals surface area contributed by atoms with E-state index in [0.29, 0.717) is 6.54 Å². The molecule has 2 aromatic carbocycles.